The second-order valence-corrected chi connectivity index (χ2v) is 9.64. The maximum atomic E-state index is 14.5. The normalized spacial score (nSPS) is 16.6. The predicted molar refractivity (Wildman–Crippen MR) is 126 cm³/mol. The maximum Gasteiger partial charge on any atom is 0.255 e. The van der Waals surface area contributed by atoms with Gasteiger partial charge in [-0.1, -0.05) is 0 Å². The number of fused-ring (bicyclic) bond motifs is 1. The number of amides is 1. The summed E-state index contributed by atoms with van der Waals surface area (Å²) in [5.74, 6) is 0.102. The van der Waals surface area contributed by atoms with E-state index >= 15 is 0 Å². The lowest BCUT2D eigenvalue weighted by Crippen LogP contribution is -2.45. The first-order chi connectivity index (χ1) is 15.2. The molecule has 32 heavy (non-hydrogen) atoms. The van der Waals surface area contributed by atoms with Gasteiger partial charge in [0.05, 0.1) is 39.1 Å². The van der Waals surface area contributed by atoms with Gasteiger partial charge in [-0.25, -0.2) is 14.4 Å². The van der Waals surface area contributed by atoms with Crippen LogP contribution >= 0.6 is 11.3 Å². The molecule has 0 radical (unpaired) electrons. The van der Waals surface area contributed by atoms with Crippen molar-refractivity contribution >= 4 is 44.7 Å². The average molecular weight is 458 g/mol. The van der Waals surface area contributed by atoms with Crippen LogP contribution < -0.4 is 16.0 Å². The van der Waals surface area contributed by atoms with Gasteiger partial charge in [0.25, 0.3) is 5.91 Å². The number of aromatic nitrogens is 2. The summed E-state index contributed by atoms with van der Waals surface area (Å²) in [6.45, 7) is 5.19. The number of alkyl halides is 1. The molecule has 0 spiro atoms. The van der Waals surface area contributed by atoms with E-state index in [1.54, 1.807) is 22.9 Å². The number of nitrogens with one attached hydrogen (secondary N) is 3. The average Bonchev–Trinajstić information content (AvgIpc) is 3.51. The summed E-state index contributed by atoms with van der Waals surface area (Å²) in [4.78, 5) is 21.4. The number of halogens is 1. The molecule has 1 aromatic carbocycles. The highest BCUT2D eigenvalue weighted by molar-refractivity contribution is 7.16. The van der Waals surface area contributed by atoms with Crippen LogP contribution in [0.2, 0.25) is 0 Å². The highest BCUT2D eigenvalue weighted by Crippen LogP contribution is 2.42. The number of anilines is 3. The van der Waals surface area contributed by atoms with E-state index in [0.29, 0.717) is 17.1 Å². The number of carbonyl (C=O) groups excluding carboxylic acids is 1. The van der Waals surface area contributed by atoms with E-state index in [1.807, 2.05) is 32.0 Å². The number of hydrogen-bond donors (Lipinski definition) is 4. The lowest BCUT2D eigenvalue weighted by Gasteiger charge is -2.27. The molecule has 0 aliphatic heterocycles. The van der Waals surface area contributed by atoms with Gasteiger partial charge in [-0.05, 0) is 57.7 Å². The van der Waals surface area contributed by atoms with Gasteiger partial charge < -0.3 is 21.1 Å². The van der Waals surface area contributed by atoms with Gasteiger partial charge in [0.2, 0.25) is 0 Å². The first-order valence-electron chi connectivity index (χ1n) is 10.8. The van der Waals surface area contributed by atoms with Crippen molar-refractivity contribution in [1.29, 1.82) is 0 Å². The Balaban J connectivity index is 1.49. The molecule has 170 valence electrons. The fraction of sp³-hybridized carbons (Fsp3) is 0.435. The lowest BCUT2D eigenvalue weighted by atomic mass is 9.94. The van der Waals surface area contributed by atoms with Gasteiger partial charge in [0.1, 0.15) is 12.0 Å². The van der Waals surface area contributed by atoms with Gasteiger partial charge in [-0.15, -0.1) is 11.3 Å². The topological polar surface area (TPSA) is 99.2 Å². The summed E-state index contributed by atoms with van der Waals surface area (Å²) in [7, 11) is 0. The smallest absolute Gasteiger partial charge is 0.255 e. The molecule has 3 aromatic rings. The number of carbonyl (C=O) groups is 1. The summed E-state index contributed by atoms with van der Waals surface area (Å²) in [5, 5.41) is 19.5. The monoisotopic (exact) mass is 457 g/mol. The fourth-order valence-corrected chi connectivity index (χ4v) is 4.34. The van der Waals surface area contributed by atoms with Gasteiger partial charge >= 0.3 is 0 Å². The Morgan fingerprint density at radius 3 is 2.81 bits per heavy atom. The molecule has 9 heteroatoms. The predicted octanol–water partition coefficient (Wildman–Crippen LogP) is 4.48. The molecular formula is C23H28FN5O2S. The Morgan fingerprint density at radius 2 is 2.09 bits per heavy atom. The van der Waals surface area contributed by atoms with Crippen LogP contribution in [-0.4, -0.2) is 45.3 Å². The largest absolute Gasteiger partial charge is 0.387 e. The molecule has 2 aromatic heterocycles. The molecule has 4 N–H and O–H groups in total. The molecule has 1 aliphatic rings. The second kappa shape index (κ2) is 8.99. The van der Waals surface area contributed by atoms with Crippen LogP contribution in [0.3, 0.4) is 0 Å². The molecule has 1 fully saturated rings. The van der Waals surface area contributed by atoms with Crippen LogP contribution in [0.25, 0.3) is 10.2 Å². The standard InChI is InChI=1S/C23H28FN5O2S/c1-13(2)28-18-9-21(29-15-6-7-17-19(8-15)32-12-27-17)25-10-16(18)22(30)26-11-20(24)23(3,31)14-4-5-14/h6-10,12-14,20,31H,4-5,11H2,1-3H3,(H,26,30)(H2,25,28,29)/t20-,23?/m1/s1. The van der Waals surface area contributed by atoms with E-state index in [4.69, 9.17) is 0 Å². The third kappa shape index (κ3) is 4.99. The van der Waals surface area contributed by atoms with Crippen molar-refractivity contribution in [3.05, 3.63) is 41.5 Å². The summed E-state index contributed by atoms with van der Waals surface area (Å²) in [6, 6.07) is 7.70. The number of thiazole rings is 1. The Bertz CT molecular complexity index is 1110. The van der Waals surface area contributed by atoms with E-state index in [0.717, 1.165) is 28.7 Å². The Kier molecular flexibility index (Phi) is 6.30. The van der Waals surface area contributed by atoms with E-state index in [1.165, 1.54) is 13.1 Å². The van der Waals surface area contributed by atoms with Crippen molar-refractivity contribution in [3.8, 4) is 0 Å². The molecule has 1 amide bonds. The zero-order chi connectivity index (χ0) is 22.9. The van der Waals surface area contributed by atoms with Gasteiger partial charge in [-0.2, -0.15) is 0 Å². The van der Waals surface area contributed by atoms with Crippen LogP contribution in [0.15, 0.2) is 36.0 Å². The van der Waals surface area contributed by atoms with Gasteiger partial charge in [-0.3, -0.25) is 4.79 Å². The van der Waals surface area contributed by atoms with Gasteiger partial charge in [0, 0.05) is 24.0 Å². The van der Waals surface area contributed by atoms with E-state index in [-0.39, 0.29) is 18.5 Å². The van der Waals surface area contributed by atoms with E-state index in [9.17, 15) is 14.3 Å². The third-order valence-electron chi connectivity index (χ3n) is 5.68. The first-order valence-corrected chi connectivity index (χ1v) is 11.6. The van der Waals surface area contributed by atoms with E-state index < -0.39 is 17.7 Å². The number of pyridine rings is 1. The third-order valence-corrected chi connectivity index (χ3v) is 6.47. The summed E-state index contributed by atoms with van der Waals surface area (Å²) in [5.41, 5.74) is 3.10. The summed E-state index contributed by atoms with van der Waals surface area (Å²) < 4.78 is 15.6. The van der Waals surface area contributed by atoms with Crippen molar-refractivity contribution < 1.29 is 14.3 Å². The van der Waals surface area contributed by atoms with Crippen molar-refractivity contribution in [2.24, 2.45) is 5.92 Å². The number of benzene rings is 1. The highest BCUT2D eigenvalue weighted by Gasteiger charge is 2.46. The number of rotatable bonds is 9. The highest BCUT2D eigenvalue weighted by atomic mass is 32.1. The van der Waals surface area contributed by atoms with Crippen molar-refractivity contribution in [3.63, 3.8) is 0 Å². The molecule has 1 unspecified atom stereocenters. The molecule has 2 heterocycles. The molecular weight excluding hydrogens is 429 g/mol. The number of hydrogen-bond acceptors (Lipinski definition) is 7. The van der Waals surface area contributed by atoms with Crippen LogP contribution in [0.5, 0.6) is 0 Å². The molecule has 4 rings (SSSR count). The molecule has 0 bridgehead atoms. The number of aliphatic hydroxyl groups is 1. The van der Waals surface area contributed by atoms with E-state index in [2.05, 4.69) is 25.9 Å². The zero-order valence-electron chi connectivity index (χ0n) is 18.4. The van der Waals surface area contributed by atoms with Crippen LogP contribution in [0, 0.1) is 5.92 Å². The Morgan fingerprint density at radius 1 is 1.31 bits per heavy atom. The lowest BCUT2D eigenvalue weighted by molar-refractivity contribution is -0.0364. The summed E-state index contributed by atoms with van der Waals surface area (Å²) in [6.07, 6.45) is 1.58. The van der Waals surface area contributed by atoms with Crippen LogP contribution in [0.1, 0.15) is 44.0 Å². The molecule has 0 saturated heterocycles. The molecule has 2 atom stereocenters. The molecule has 7 nitrogen and oxygen atoms in total. The SMILES string of the molecule is CC(C)Nc1cc(Nc2ccc3ncsc3c2)ncc1C(=O)NC[C@@H](F)C(C)(O)C1CC1. The minimum atomic E-state index is -1.53. The van der Waals surface area contributed by atoms with Crippen molar-refractivity contribution in [2.45, 2.75) is 51.4 Å². The second-order valence-electron chi connectivity index (χ2n) is 8.75. The maximum absolute atomic E-state index is 14.5. The fourth-order valence-electron chi connectivity index (χ4n) is 3.62. The first kappa shape index (κ1) is 22.4. The van der Waals surface area contributed by atoms with Crippen LogP contribution in [0.4, 0.5) is 21.6 Å². The quantitative estimate of drug-likeness (QED) is 0.378. The number of nitrogens with zero attached hydrogens (tertiary/aromatic N) is 2. The Hall–Kier alpha value is -2.78. The Labute approximate surface area is 190 Å². The molecule has 1 aliphatic carbocycles. The molecule has 1 saturated carbocycles. The minimum Gasteiger partial charge on any atom is -0.387 e. The van der Waals surface area contributed by atoms with Crippen LogP contribution in [-0.2, 0) is 0 Å². The van der Waals surface area contributed by atoms with Crippen molar-refractivity contribution in [1.82, 2.24) is 15.3 Å². The van der Waals surface area contributed by atoms with Crippen molar-refractivity contribution in [2.75, 3.05) is 17.2 Å². The summed E-state index contributed by atoms with van der Waals surface area (Å²) >= 11 is 1.56. The van der Waals surface area contributed by atoms with Gasteiger partial charge in [0.15, 0.2) is 0 Å². The minimum absolute atomic E-state index is 0.0382. The zero-order valence-corrected chi connectivity index (χ0v) is 19.2.